The number of nitrogens with zero attached hydrogens (tertiary/aromatic N) is 1. The summed E-state index contributed by atoms with van der Waals surface area (Å²) in [6.45, 7) is -0.299. The van der Waals surface area contributed by atoms with E-state index >= 15 is 0 Å². The average Bonchev–Trinajstić information content (AvgIpc) is 2.35. The summed E-state index contributed by atoms with van der Waals surface area (Å²) in [5.74, 6) is -2.18. The Morgan fingerprint density at radius 2 is 2.05 bits per heavy atom. The lowest BCUT2D eigenvalue weighted by molar-refractivity contribution is -0.275. The molecular weight excluding hydrogens is 269 g/mol. The van der Waals surface area contributed by atoms with Gasteiger partial charge in [-0.1, -0.05) is 0 Å². The highest BCUT2D eigenvalue weighted by molar-refractivity contribution is 5.95. The summed E-state index contributed by atoms with van der Waals surface area (Å²) in [5.41, 5.74) is 4.63. The van der Waals surface area contributed by atoms with Crippen molar-refractivity contribution in [2.75, 3.05) is 14.2 Å². The van der Waals surface area contributed by atoms with Gasteiger partial charge in [0.1, 0.15) is 0 Å². The Kier molecular flexibility index (Phi) is 4.54. The first-order valence-corrected chi connectivity index (χ1v) is 4.94. The van der Waals surface area contributed by atoms with E-state index in [-0.39, 0.29) is 18.0 Å². The van der Waals surface area contributed by atoms with E-state index < -0.39 is 23.6 Å². The first kappa shape index (κ1) is 15.0. The topological polar surface area (TPSA) is 83.7 Å². The van der Waals surface area contributed by atoms with Crippen LogP contribution in [-0.2, 0) is 11.3 Å². The minimum absolute atomic E-state index is 0.0986. The number of methoxy groups -OCH3 is 2. The first-order chi connectivity index (χ1) is 8.84. The minimum Gasteiger partial charge on any atom is -0.480 e. The number of esters is 1. The molecule has 0 saturated heterocycles. The molecule has 0 atom stereocenters. The molecule has 6 nitrogen and oxygen atoms in total. The maximum absolute atomic E-state index is 12.4. The molecule has 106 valence electrons. The molecule has 0 aliphatic heterocycles. The van der Waals surface area contributed by atoms with Crippen molar-refractivity contribution in [3.05, 3.63) is 17.3 Å². The van der Waals surface area contributed by atoms with Crippen LogP contribution in [-0.4, -0.2) is 31.5 Å². The van der Waals surface area contributed by atoms with Gasteiger partial charge in [0.05, 0.1) is 14.2 Å². The van der Waals surface area contributed by atoms with Crippen molar-refractivity contribution in [2.45, 2.75) is 12.9 Å². The molecule has 0 spiro atoms. The number of alkyl halides is 3. The van der Waals surface area contributed by atoms with E-state index in [0.29, 0.717) is 0 Å². The zero-order valence-corrected chi connectivity index (χ0v) is 10.1. The van der Waals surface area contributed by atoms with Crippen molar-refractivity contribution < 1.29 is 32.2 Å². The molecule has 0 fully saturated rings. The van der Waals surface area contributed by atoms with Gasteiger partial charge in [0.15, 0.2) is 11.3 Å². The lowest BCUT2D eigenvalue weighted by Gasteiger charge is -2.16. The van der Waals surface area contributed by atoms with Crippen molar-refractivity contribution >= 4 is 5.97 Å². The maximum Gasteiger partial charge on any atom is 0.573 e. The number of pyridine rings is 1. The predicted octanol–water partition coefficient (Wildman–Crippen LogP) is 1.23. The molecule has 0 radical (unpaired) electrons. The summed E-state index contributed by atoms with van der Waals surface area (Å²) in [5, 5.41) is 0. The van der Waals surface area contributed by atoms with Crippen LogP contribution in [0.3, 0.4) is 0 Å². The van der Waals surface area contributed by atoms with E-state index in [1.165, 1.54) is 0 Å². The summed E-state index contributed by atoms with van der Waals surface area (Å²) in [7, 11) is 2.16. The van der Waals surface area contributed by atoms with Gasteiger partial charge < -0.3 is 19.9 Å². The quantitative estimate of drug-likeness (QED) is 0.835. The van der Waals surface area contributed by atoms with Crippen molar-refractivity contribution in [3.63, 3.8) is 0 Å². The lowest BCUT2D eigenvalue weighted by Crippen LogP contribution is -2.22. The van der Waals surface area contributed by atoms with Crippen LogP contribution in [0.4, 0.5) is 13.2 Å². The molecule has 0 aromatic carbocycles. The maximum atomic E-state index is 12.4. The van der Waals surface area contributed by atoms with Crippen molar-refractivity contribution in [1.82, 2.24) is 4.98 Å². The molecule has 0 aliphatic carbocycles. The Bertz CT molecular complexity index is 477. The second-order valence-corrected chi connectivity index (χ2v) is 3.24. The predicted molar refractivity (Wildman–Crippen MR) is 56.7 cm³/mol. The van der Waals surface area contributed by atoms with Crippen LogP contribution < -0.4 is 15.2 Å². The van der Waals surface area contributed by atoms with Crippen LogP contribution in [0.2, 0.25) is 0 Å². The molecule has 19 heavy (non-hydrogen) atoms. The number of aromatic nitrogens is 1. The standard InChI is InChI=1S/C10H11F3N2O4/c1-17-8-6(9(16)18-2)7(19-10(11,12)13)5(3-14)4-15-8/h4H,3,14H2,1-2H3. The van der Waals surface area contributed by atoms with Crippen LogP contribution >= 0.6 is 0 Å². The van der Waals surface area contributed by atoms with Gasteiger partial charge in [0, 0.05) is 18.3 Å². The van der Waals surface area contributed by atoms with Gasteiger partial charge in [-0.25, -0.2) is 9.78 Å². The number of hydrogen-bond donors (Lipinski definition) is 1. The summed E-state index contributed by atoms with van der Waals surface area (Å²) in [6.07, 6.45) is -3.95. The number of halogens is 3. The monoisotopic (exact) mass is 280 g/mol. The van der Waals surface area contributed by atoms with E-state index in [9.17, 15) is 18.0 Å². The number of hydrogen-bond acceptors (Lipinski definition) is 6. The highest BCUT2D eigenvalue weighted by Gasteiger charge is 2.36. The van der Waals surface area contributed by atoms with Gasteiger partial charge in [-0.15, -0.1) is 13.2 Å². The van der Waals surface area contributed by atoms with Crippen molar-refractivity contribution in [3.8, 4) is 11.6 Å². The SMILES string of the molecule is COC(=O)c1c(OC)ncc(CN)c1OC(F)(F)F. The second-order valence-electron chi connectivity index (χ2n) is 3.24. The fourth-order valence-electron chi connectivity index (χ4n) is 1.33. The van der Waals surface area contributed by atoms with Crippen LogP contribution in [0.25, 0.3) is 0 Å². The Hall–Kier alpha value is -2.03. The van der Waals surface area contributed by atoms with Crippen LogP contribution in [0.15, 0.2) is 6.20 Å². The molecule has 9 heteroatoms. The van der Waals surface area contributed by atoms with Crippen LogP contribution in [0.1, 0.15) is 15.9 Å². The Morgan fingerprint density at radius 1 is 1.42 bits per heavy atom. The van der Waals surface area contributed by atoms with E-state index in [1.807, 2.05) is 0 Å². The molecule has 0 unspecified atom stereocenters. The molecule has 1 aromatic rings. The van der Waals surface area contributed by atoms with E-state index in [0.717, 1.165) is 20.4 Å². The highest BCUT2D eigenvalue weighted by atomic mass is 19.4. The summed E-state index contributed by atoms with van der Waals surface area (Å²) >= 11 is 0. The lowest BCUT2D eigenvalue weighted by atomic mass is 10.1. The van der Waals surface area contributed by atoms with Gasteiger partial charge in [-0.2, -0.15) is 0 Å². The van der Waals surface area contributed by atoms with E-state index in [4.69, 9.17) is 10.5 Å². The highest BCUT2D eigenvalue weighted by Crippen LogP contribution is 2.34. The van der Waals surface area contributed by atoms with E-state index in [2.05, 4.69) is 14.5 Å². The molecular formula is C10H11F3N2O4. The molecule has 0 bridgehead atoms. The molecule has 0 aliphatic rings. The normalized spacial score (nSPS) is 11.1. The molecule has 1 rings (SSSR count). The van der Waals surface area contributed by atoms with E-state index in [1.54, 1.807) is 0 Å². The zero-order valence-electron chi connectivity index (χ0n) is 10.1. The zero-order chi connectivity index (χ0) is 14.6. The summed E-state index contributed by atoms with van der Waals surface area (Å²) < 4.78 is 50.0. The third kappa shape index (κ3) is 3.47. The Labute approximate surface area is 106 Å². The van der Waals surface area contributed by atoms with Crippen LogP contribution in [0, 0.1) is 0 Å². The number of nitrogens with two attached hydrogens (primary N) is 1. The number of rotatable bonds is 4. The number of carbonyl (C=O) groups is 1. The first-order valence-electron chi connectivity index (χ1n) is 4.94. The molecule has 1 aromatic heterocycles. The summed E-state index contributed by atoms with van der Waals surface area (Å²) in [6, 6.07) is 0. The Balaban J connectivity index is 3.47. The Morgan fingerprint density at radius 3 is 2.47 bits per heavy atom. The summed E-state index contributed by atoms with van der Waals surface area (Å²) in [4.78, 5) is 15.2. The third-order valence-corrected chi connectivity index (χ3v) is 2.09. The third-order valence-electron chi connectivity index (χ3n) is 2.09. The number of ether oxygens (including phenoxy) is 3. The molecule has 0 saturated carbocycles. The fraction of sp³-hybridized carbons (Fsp3) is 0.400. The van der Waals surface area contributed by atoms with Gasteiger partial charge >= 0.3 is 12.3 Å². The minimum atomic E-state index is -4.99. The van der Waals surface area contributed by atoms with Gasteiger partial charge in [0.2, 0.25) is 5.88 Å². The van der Waals surface area contributed by atoms with Gasteiger partial charge in [-0.05, 0) is 0 Å². The fourth-order valence-corrected chi connectivity index (χ4v) is 1.33. The van der Waals surface area contributed by atoms with Crippen molar-refractivity contribution in [2.24, 2.45) is 5.73 Å². The average molecular weight is 280 g/mol. The van der Waals surface area contributed by atoms with Crippen molar-refractivity contribution in [1.29, 1.82) is 0 Å². The van der Waals surface area contributed by atoms with Crippen LogP contribution in [0.5, 0.6) is 11.6 Å². The molecule has 1 heterocycles. The van der Waals surface area contributed by atoms with Gasteiger partial charge in [-0.3, -0.25) is 0 Å². The smallest absolute Gasteiger partial charge is 0.480 e. The second kappa shape index (κ2) is 5.74. The largest absolute Gasteiger partial charge is 0.573 e. The molecule has 2 N–H and O–H groups in total. The number of carbonyl (C=O) groups excluding carboxylic acids is 1. The molecule has 0 amide bonds. The van der Waals surface area contributed by atoms with Gasteiger partial charge in [0.25, 0.3) is 0 Å².